The van der Waals surface area contributed by atoms with Gasteiger partial charge in [0.15, 0.2) is 0 Å². The average molecular weight is 368 g/mol. The Labute approximate surface area is 149 Å². The molecule has 0 atom stereocenters. The topological polar surface area (TPSA) is 76.5 Å². The van der Waals surface area contributed by atoms with Crippen LogP contribution in [0, 0.1) is 0 Å². The monoisotopic (exact) mass is 367 g/mol. The number of pyridine rings is 1. The van der Waals surface area contributed by atoms with E-state index in [1.54, 1.807) is 26.8 Å². The van der Waals surface area contributed by atoms with Crippen molar-refractivity contribution >= 4 is 35.1 Å². The molecule has 0 saturated heterocycles. The number of nitrogens with zero attached hydrogens (tertiary/aromatic N) is 1. The van der Waals surface area contributed by atoms with Crippen molar-refractivity contribution in [3.63, 3.8) is 0 Å². The van der Waals surface area contributed by atoms with Gasteiger partial charge in [-0.2, -0.15) is 0 Å². The minimum Gasteiger partial charge on any atom is -0.478 e. The van der Waals surface area contributed by atoms with E-state index >= 15 is 0 Å². The van der Waals surface area contributed by atoms with Crippen molar-refractivity contribution in [1.82, 2.24) is 4.98 Å². The molecule has 0 aliphatic carbocycles. The molecule has 0 aliphatic heterocycles. The highest BCUT2D eigenvalue weighted by Crippen LogP contribution is 2.29. The second-order valence-corrected chi connectivity index (χ2v) is 6.90. The molecular weight excluding hydrogens is 353 g/mol. The Bertz CT molecular complexity index is 813. The minimum absolute atomic E-state index is 0.0695. The number of aromatic carboxylic acids is 1. The fraction of sp³-hybridized carbons (Fsp3) is 0.235. The third kappa shape index (κ3) is 4.24. The molecule has 0 amide bonds. The third-order valence-electron chi connectivity index (χ3n) is 2.94. The van der Waals surface area contributed by atoms with Crippen molar-refractivity contribution in [1.29, 1.82) is 0 Å². The first kappa shape index (κ1) is 18.2. The SMILES string of the molecule is CC(C)(C)OC(=O)c1cc(-c2ncc(Cl)cc2C(=O)O)ccc1Cl. The maximum atomic E-state index is 12.3. The van der Waals surface area contributed by atoms with E-state index in [9.17, 15) is 14.7 Å². The third-order valence-corrected chi connectivity index (χ3v) is 3.48. The number of benzene rings is 1. The van der Waals surface area contributed by atoms with Crippen LogP contribution in [0.1, 0.15) is 41.5 Å². The number of carboxylic acids is 1. The fourth-order valence-electron chi connectivity index (χ4n) is 1.99. The Kier molecular flexibility index (Phi) is 5.16. The summed E-state index contributed by atoms with van der Waals surface area (Å²) in [5.41, 5.74) is 0.00101. The number of halogens is 2. The Balaban J connectivity index is 2.53. The molecule has 0 aliphatic rings. The standard InChI is InChI=1S/C17H15Cl2NO4/c1-17(2,3)24-16(23)11-6-9(4-5-13(11)19)14-12(15(21)22)7-10(18)8-20-14/h4-8H,1-3H3,(H,21,22). The fourth-order valence-corrected chi connectivity index (χ4v) is 2.35. The second-order valence-electron chi connectivity index (χ2n) is 6.05. The van der Waals surface area contributed by atoms with Crippen LogP contribution >= 0.6 is 23.2 Å². The number of hydrogen-bond donors (Lipinski definition) is 1. The Hall–Kier alpha value is -2.11. The van der Waals surface area contributed by atoms with Gasteiger partial charge in [-0.25, -0.2) is 9.59 Å². The Morgan fingerprint density at radius 3 is 2.38 bits per heavy atom. The summed E-state index contributed by atoms with van der Waals surface area (Å²) in [6.07, 6.45) is 1.34. The molecule has 1 heterocycles. The van der Waals surface area contributed by atoms with Crippen molar-refractivity contribution in [2.45, 2.75) is 26.4 Å². The zero-order valence-electron chi connectivity index (χ0n) is 13.3. The number of carbonyl (C=O) groups is 2. The first-order valence-electron chi connectivity index (χ1n) is 7.00. The van der Waals surface area contributed by atoms with E-state index in [0.717, 1.165) is 0 Å². The molecule has 24 heavy (non-hydrogen) atoms. The zero-order valence-corrected chi connectivity index (χ0v) is 14.8. The molecule has 1 N–H and O–H groups in total. The van der Waals surface area contributed by atoms with Gasteiger partial charge in [0.25, 0.3) is 0 Å². The maximum absolute atomic E-state index is 12.3. The van der Waals surface area contributed by atoms with Crippen molar-refractivity contribution in [2.24, 2.45) is 0 Å². The summed E-state index contributed by atoms with van der Waals surface area (Å²) in [6, 6.07) is 5.84. The summed E-state index contributed by atoms with van der Waals surface area (Å²) in [4.78, 5) is 27.7. The highest BCUT2D eigenvalue weighted by molar-refractivity contribution is 6.33. The molecule has 0 bridgehead atoms. The molecule has 0 spiro atoms. The maximum Gasteiger partial charge on any atom is 0.340 e. The second kappa shape index (κ2) is 6.79. The van der Waals surface area contributed by atoms with Crippen LogP contribution in [0.4, 0.5) is 0 Å². The lowest BCUT2D eigenvalue weighted by Crippen LogP contribution is -2.24. The van der Waals surface area contributed by atoms with Gasteiger partial charge in [-0.1, -0.05) is 29.3 Å². The highest BCUT2D eigenvalue weighted by Gasteiger charge is 2.22. The number of hydrogen-bond acceptors (Lipinski definition) is 4. The molecule has 0 radical (unpaired) electrons. The van der Waals surface area contributed by atoms with Gasteiger partial charge < -0.3 is 9.84 Å². The largest absolute Gasteiger partial charge is 0.478 e. The minimum atomic E-state index is -1.17. The van der Waals surface area contributed by atoms with Gasteiger partial charge in [-0.3, -0.25) is 4.98 Å². The van der Waals surface area contributed by atoms with E-state index in [2.05, 4.69) is 4.98 Å². The van der Waals surface area contributed by atoms with Crippen molar-refractivity contribution < 1.29 is 19.4 Å². The first-order valence-corrected chi connectivity index (χ1v) is 7.76. The lowest BCUT2D eigenvalue weighted by atomic mass is 10.0. The quantitative estimate of drug-likeness (QED) is 0.794. The van der Waals surface area contributed by atoms with Crippen LogP contribution in [0.5, 0.6) is 0 Å². The number of rotatable bonds is 3. The molecule has 126 valence electrons. The highest BCUT2D eigenvalue weighted by atomic mass is 35.5. The van der Waals surface area contributed by atoms with Gasteiger partial charge in [0.2, 0.25) is 0 Å². The number of carbonyl (C=O) groups excluding carboxylic acids is 1. The Morgan fingerprint density at radius 2 is 1.79 bits per heavy atom. The molecule has 1 aromatic heterocycles. The van der Waals surface area contributed by atoms with Crippen molar-refractivity contribution in [3.05, 3.63) is 51.6 Å². The van der Waals surface area contributed by atoms with Crippen LogP contribution < -0.4 is 0 Å². The molecule has 2 rings (SSSR count). The van der Waals surface area contributed by atoms with Crippen molar-refractivity contribution in [2.75, 3.05) is 0 Å². The van der Waals surface area contributed by atoms with Crippen LogP contribution in [0.15, 0.2) is 30.5 Å². The summed E-state index contributed by atoms with van der Waals surface area (Å²) >= 11 is 11.9. The number of ether oxygens (including phenoxy) is 1. The summed E-state index contributed by atoms with van der Waals surface area (Å²) < 4.78 is 5.31. The van der Waals surface area contributed by atoms with E-state index in [1.807, 2.05) is 0 Å². The van der Waals surface area contributed by atoms with Crippen LogP contribution in [-0.4, -0.2) is 27.6 Å². The van der Waals surface area contributed by atoms with Gasteiger partial charge in [0.1, 0.15) is 5.60 Å². The summed E-state index contributed by atoms with van der Waals surface area (Å²) in [7, 11) is 0. The predicted octanol–water partition coefficient (Wildman–Crippen LogP) is 4.71. The Morgan fingerprint density at radius 1 is 1.12 bits per heavy atom. The van der Waals surface area contributed by atoms with Gasteiger partial charge in [-0.15, -0.1) is 0 Å². The van der Waals surface area contributed by atoms with Gasteiger partial charge in [0.05, 0.1) is 26.9 Å². The summed E-state index contributed by atoms with van der Waals surface area (Å²) in [5, 5.41) is 9.73. The molecule has 0 unspecified atom stereocenters. The number of carboxylic acid groups (broad SMARTS) is 1. The van der Waals surface area contributed by atoms with E-state index in [0.29, 0.717) is 5.56 Å². The van der Waals surface area contributed by atoms with Crippen LogP contribution in [0.3, 0.4) is 0 Å². The first-order chi connectivity index (χ1) is 11.1. The molecule has 2 aromatic rings. The van der Waals surface area contributed by atoms with Crippen LogP contribution in [0.2, 0.25) is 10.0 Å². The predicted molar refractivity (Wildman–Crippen MR) is 91.8 cm³/mol. The van der Waals surface area contributed by atoms with E-state index in [-0.39, 0.29) is 26.9 Å². The number of esters is 1. The van der Waals surface area contributed by atoms with Crippen molar-refractivity contribution in [3.8, 4) is 11.3 Å². The summed E-state index contributed by atoms with van der Waals surface area (Å²) in [6.45, 7) is 5.23. The molecule has 0 saturated carbocycles. The summed E-state index contributed by atoms with van der Waals surface area (Å²) in [5.74, 6) is -1.77. The number of aromatic nitrogens is 1. The van der Waals surface area contributed by atoms with Crippen LogP contribution in [0.25, 0.3) is 11.3 Å². The van der Waals surface area contributed by atoms with Gasteiger partial charge in [-0.05, 0) is 39.0 Å². The lowest BCUT2D eigenvalue weighted by Gasteiger charge is -2.20. The van der Waals surface area contributed by atoms with E-state index < -0.39 is 17.5 Å². The molecule has 1 aromatic carbocycles. The van der Waals surface area contributed by atoms with Gasteiger partial charge in [0, 0.05) is 11.8 Å². The molecule has 7 heteroatoms. The molecule has 5 nitrogen and oxygen atoms in total. The molecular formula is C17H15Cl2NO4. The van der Waals surface area contributed by atoms with Crippen LogP contribution in [-0.2, 0) is 4.74 Å². The lowest BCUT2D eigenvalue weighted by molar-refractivity contribution is 0.00696. The smallest absolute Gasteiger partial charge is 0.340 e. The zero-order chi connectivity index (χ0) is 18.1. The average Bonchev–Trinajstić information content (AvgIpc) is 2.46. The van der Waals surface area contributed by atoms with E-state index in [4.69, 9.17) is 27.9 Å². The van der Waals surface area contributed by atoms with E-state index in [1.165, 1.54) is 24.4 Å². The molecule has 0 fully saturated rings. The van der Waals surface area contributed by atoms with Gasteiger partial charge >= 0.3 is 11.9 Å². The normalized spacial score (nSPS) is 11.2.